The number of rotatable bonds is 6. The molecule has 2 rings (SSSR count). The summed E-state index contributed by atoms with van der Waals surface area (Å²) in [6.45, 7) is 2.32. The van der Waals surface area contributed by atoms with E-state index in [2.05, 4.69) is 15.5 Å². The number of aromatic amines is 1. The maximum Gasteiger partial charge on any atom is 0.254 e. The summed E-state index contributed by atoms with van der Waals surface area (Å²) in [7, 11) is 3.24. The predicted octanol–water partition coefficient (Wildman–Crippen LogP) is 1.71. The topological polar surface area (TPSA) is 76.2 Å². The summed E-state index contributed by atoms with van der Waals surface area (Å²) in [5.41, 5.74) is 2.31. The van der Waals surface area contributed by atoms with Crippen molar-refractivity contribution in [2.45, 2.75) is 13.3 Å². The number of hydrogen-bond donors (Lipinski definition) is 2. The average molecular weight is 289 g/mol. The molecule has 6 heteroatoms. The molecule has 2 N–H and O–H groups in total. The SMILES string of the molecule is COc1ccc(OC)c(CCNC(=O)c2cn[nH]c2C)c1. The highest BCUT2D eigenvalue weighted by atomic mass is 16.5. The number of carbonyl (C=O) groups is 1. The van der Waals surface area contributed by atoms with Crippen molar-refractivity contribution >= 4 is 5.91 Å². The standard InChI is InChI=1S/C15H19N3O3/c1-10-13(9-17-18-10)15(19)16-7-6-11-8-12(20-2)4-5-14(11)21-3/h4-5,8-9H,6-7H2,1-3H3,(H,16,19)(H,17,18). The molecule has 0 bridgehead atoms. The minimum atomic E-state index is -0.136. The van der Waals surface area contributed by atoms with Crippen LogP contribution in [0.5, 0.6) is 11.5 Å². The van der Waals surface area contributed by atoms with Gasteiger partial charge in [-0.05, 0) is 37.1 Å². The molecule has 0 aliphatic carbocycles. The number of aryl methyl sites for hydroxylation is 1. The molecular formula is C15H19N3O3. The molecule has 112 valence electrons. The number of aromatic nitrogens is 2. The molecular weight excluding hydrogens is 270 g/mol. The third-order valence-corrected chi connectivity index (χ3v) is 3.24. The summed E-state index contributed by atoms with van der Waals surface area (Å²) in [5, 5.41) is 9.45. The van der Waals surface area contributed by atoms with Gasteiger partial charge in [-0.2, -0.15) is 5.10 Å². The number of methoxy groups -OCH3 is 2. The van der Waals surface area contributed by atoms with Crippen molar-refractivity contribution in [2.75, 3.05) is 20.8 Å². The minimum absolute atomic E-state index is 0.136. The smallest absolute Gasteiger partial charge is 0.254 e. The van der Waals surface area contributed by atoms with Gasteiger partial charge in [0.25, 0.3) is 5.91 Å². The summed E-state index contributed by atoms with van der Waals surface area (Å²) in [6, 6.07) is 5.61. The Morgan fingerprint density at radius 1 is 1.33 bits per heavy atom. The fourth-order valence-electron chi connectivity index (χ4n) is 2.06. The van der Waals surface area contributed by atoms with Crippen molar-refractivity contribution in [3.05, 3.63) is 41.2 Å². The van der Waals surface area contributed by atoms with E-state index >= 15 is 0 Å². The van der Waals surface area contributed by atoms with E-state index in [1.165, 1.54) is 6.20 Å². The Hall–Kier alpha value is -2.50. The number of nitrogens with zero attached hydrogens (tertiary/aromatic N) is 1. The van der Waals surface area contributed by atoms with E-state index in [-0.39, 0.29) is 5.91 Å². The lowest BCUT2D eigenvalue weighted by atomic mass is 10.1. The largest absolute Gasteiger partial charge is 0.497 e. The first-order valence-corrected chi connectivity index (χ1v) is 6.64. The molecule has 0 saturated carbocycles. The normalized spacial score (nSPS) is 10.2. The zero-order valence-electron chi connectivity index (χ0n) is 12.4. The molecule has 1 aromatic carbocycles. The molecule has 1 aromatic heterocycles. The summed E-state index contributed by atoms with van der Waals surface area (Å²) < 4.78 is 10.5. The number of benzene rings is 1. The molecule has 6 nitrogen and oxygen atoms in total. The lowest BCUT2D eigenvalue weighted by molar-refractivity contribution is 0.0953. The molecule has 0 radical (unpaired) electrons. The Balaban J connectivity index is 1.97. The van der Waals surface area contributed by atoms with E-state index in [0.29, 0.717) is 18.5 Å². The van der Waals surface area contributed by atoms with Crippen LogP contribution in [0, 0.1) is 6.92 Å². The average Bonchev–Trinajstić information content (AvgIpc) is 2.93. The second-order valence-electron chi connectivity index (χ2n) is 4.59. The summed E-state index contributed by atoms with van der Waals surface area (Å²) in [4.78, 5) is 12.0. The van der Waals surface area contributed by atoms with Crippen molar-refractivity contribution in [2.24, 2.45) is 0 Å². The van der Waals surface area contributed by atoms with Crippen LogP contribution in [0.25, 0.3) is 0 Å². The predicted molar refractivity (Wildman–Crippen MR) is 78.9 cm³/mol. The Labute approximate surface area is 123 Å². The molecule has 0 spiro atoms. The number of nitrogens with one attached hydrogen (secondary N) is 2. The highest BCUT2D eigenvalue weighted by Gasteiger charge is 2.11. The van der Waals surface area contributed by atoms with Gasteiger partial charge in [-0.1, -0.05) is 0 Å². The van der Waals surface area contributed by atoms with E-state index < -0.39 is 0 Å². The highest BCUT2D eigenvalue weighted by Crippen LogP contribution is 2.24. The van der Waals surface area contributed by atoms with E-state index in [9.17, 15) is 4.79 Å². The van der Waals surface area contributed by atoms with E-state index in [1.807, 2.05) is 25.1 Å². The molecule has 1 heterocycles. The van der Waals surface area contributed by atoms with Gasteiger partial charge in [-0.3, -0.25) is 9.89 Å². The second-order valence-corrected chi connectivity index (χ2v) is 4.59. The van der Waals surface area contributed by atoms with Crippen molar-refractivity contribution < 1.29 is 14.3 Å². The molecule has 21 heavy (non-hydrogen) atoms. The van der Waals surface area contributed by atoms with Crippen molar-refractivity contribution in [1.29, 1.82) is 0 Å². The third kappa shape index (κ3) is 3.53. The van der Waals surface area contributed by atoms with Crippen molar-refractivity contribution in [1.82, 2.24) is 15.5 Å². The van der Waals surface area contributed by atoms with Crippen LogP contribution in [0.4, 0.5) is 0 Å². The number of amides is 1. The Morgan fingerprint density at radius 2 is 2.14 bits per heavy atom. The van der Waals surface area contributed by atoms with Crippen LogP contribution in [0.3, 0.4) is 0 Å². The van der Waals surface area contributed by atoms with Crippen LogP contribution in [0.1, 0.15) is 21.6 Å². The number of carbonyl (C=O) groups excluding carboxylic acids is 1. The minimum Gasteiger partial charge on any atom is -0.497 e. The summed E-state index contributed by atoms with van der Waals surface area (Å²) >= 11 is 0. The molecule has 0 fully saturated rings. The first-order valence-electron chi connectivity index (χ1n) is 6.64. The van der Waals surface area contributed by atoms with Crippen LogP contribution in [0.15, 0.2) is 24.4 Å². The van der Waals surface area contributed by atoms with Gasteiger partial charge in [0.05, 0.1) is 26.0 Å². The number of hydrogen-bond acceptors (Lipinski definition) is 4. The summed E-state index contributed by atoms with van der Waals surface area (Å²) in [5.74, 6) is 1.41. The lowest BCUT2D eigenvalue weighted by Gasteiger charge is -2.11. The van der Waals surface area contributed by atoms with Crippen LogP contribution < -0.4 is 14.8 Å². The molecule has 0 aliphatic rings. The zero-order valence-corrected chi connectivity index (χ0v) is 12.4. The fourth-order valence-corrected chi connectivity index (χ4v) is 2.06. The summed E-state index contributed by atoms with van der Waals surface area (Å²) in [6.07, 6.45) is 2.18. The van der Waals surface area contributed by atoms with E-state index in [1.54, 1.807) is 14.2 Å². The maximum absolute atomic E-state index is 12.0. The van der Waals surface area contributed by atoms with Gasteiger partial charge in [0, 0.05) is 12.2 Å². The van der Waals surface area contributed by atoms with Gasteiger partial charge in [-0.15, -0.1) is 0 Å². The highest BCUT2D eigenvalue weighted by molar-refractivity contribution is 5.94. The van der Waals surface area contributed by atoms with E-state index in [4.69, 9.17) is 9.47 Å². The van der Waals surface area contributed by atoms with Gasteiger partial charge < -0.3 is 14.8 Å². The zero-order chi connectivity index (χ0) is 15.2. The maximum atomic E-state index is 12.0. The first-order chi connectivity index (χ1) is 10.2. The molecule has 2 aromatic rings. The molecule has 1 amide bonds. The quantitative estimate of drug-likeness (QED) is 0.848. The Kier molecular flexibility index (Phi) is 4.81. The van der Waals surface area contributed by atoms with Gasteiger partial charge >= 0.3 is 0 Å². The number of ether oxygens (including phenoxy) is 2. The van der Waals surface area contributed by atoms with Crippen LogP contribution >= 0.6 is 0 Å². The van der Waals surface area contributed by atoms with Gasteiger partial charge in [0.15, 0.2) is 0 Å². The van der Waals surface area contributed by atoms with Gasteiger partial charge in [-0.25, -0.2) is 0 Å². The number of H-pyrrole nitrogens is 1. The fraction of sp³-hybridized carbons (Fsp3) is 0.333. The van der Waals surface area contributed by atoms with Gasteiger partial charge in [0.2, 0.25) is 0 Å². The Bertz CT molecular complexity index is 622. The molecule has 0 atom stereocenters. The van der Waals surface area contributed by atoms with Gasteiger partial charge in [0.1, 0.15) is 11.5 Å². The second kappa shape index (κ2) is 6.78. The molecule has 0 saturated heterocycles. The van der Waals surface area contributed by atoms with Crippen LogP contribution in [0.2, 0.25) is 0 Å². The van der Waals surface area contributed by atoms with Crippen molar-refractivity contribution in [3.8, 4) is 11.5 Å². The Morgan fingerprint density at radius 3 is 2.76 bits per heavy atom. The molecule has 0 aliphatic heterocycles. The monoisotopic (exact) mass is 289 g/mol. The lowest BCUT2D eigenvalue weighted by Crippen LogP contribution is -2.26. The third-order valence-electron chi connectivity index (χ3n) is 3.24. The van der Waals surface area contributed by atoms with Crippen molar-refractivity contribution in [3.63, 3.8) is 0 Å². The van der Waals surface area contributed by atoms with E-state index in [0.717, 1.165) is 22.8 Å². The molecule has 0 unspecified atom stereocenters. The first kappa shape index (κ1) is 14.9. The van der Waals surface area contributed by atoms with Crippen LogP contribution in [-0.4, -0.2) is 36.9 Å². The van der Waals surface area contributed by atoms with Crippen LogP contribution in [-0.2, 0) is 6.42 Å².